The van der Waals surface area contributed by atoms with Gasteiger partial charge in [-0.15, -0.1) is 0 Å². The van der Waals surface area contributed by atoms with Crippen LogP contribution in [0.1, 0.15) is 13.8 Å². The molecule has 0 aromatic rings. The number of hydrogen-bond donors (Lipinski definition) is 1. The maximum Gasteiger partial charge on any atom is 0.191 e. The van der Waals surface area contributed by atoms with E-state index in [1.807, 2.05) is 13.8 Å². The molecule has 1 heterocycles. The van der Waals surface area contributed by atoms with Crippen LogP contribution in [-0.4, -0.2) is 43.2 Å². The second kappa shape index (κ2) is 4.30. The number of nitrogens with zero attached hydrogens (tertiary/aromatic N) is 2. The summed E-state index contributed by atoms with van der Waals surface area (Å²) in [7, 11) is 0. The summed E-state index contributed by atoms with van der Waals surface area (Å²) in [5.74, 6) is 0.646. The Morgan fingerprint density at radius 1 is 1.75 bits per heavy atom. The molecular formula is C8H17N3O. The van der Waals surface area contributed by atoms with Gasteiger partial charge in [-0.3, -0.25) is 4.99 Å². The first-order valence-corrected chi connectivity index (χ1v) is 4.40. The molecule has 4 heteroatoms. The largest absolute Gasteiger partial charge is 0.375 e. The van der Waals surface area contributed by atoms with Crippen LogP contribution in [-0.2, 0) is 4.74 Å². The monoisotopic (exact) mass is 171 g/mol. The number of morpholine rings is 1. The van der Waals surface area contributed by atoms with Crippen molar-refractivity contribution in [2.75, 3.05) is 26.2 Å². The Labute approximate surface area is 73.4 Å². The Morgan fingerprint density at radius 2 is 2.50 bits per heavy atom. The van der Waals surface area contributed by atoms with Crippen LogP contribution in [0.25, 0.3) is 0 Å². The van der Waals surface area contributed by atoms with Crippen molar-refractivity contribution in [3.63, 3.8) is 0 Å². The van der Waals surface area contributed by atoms with Crippen molar-refractivity contribution < 1.29 is 4.74 Å². The van der Waals surface area contributed by atoms with Gasteiger partial charge in [0.2, 0.25) is 0 Å². The Bertz CT molecular complexity index is 170. The van der Waals surface area contributed by atoms with Gasteiger partial charge in [0.15, 0.2) is 5.96 Å². The average molecular weight is 171 g/mol. The molecule has 0 bridgehead atoms. The number of hydrogen-bond acceptors (Lipinski definition) is 2. The van der Waals surface area contributed by atoms with Gasteiger partial charge in [-0.05, 0) is 13.8 Å². The van der Waals surface area contributed by atoms with E-state index >= 15 is 0 Å². The molecule has 1 aliphatic heterocycles. The van der Waals surface area contributed by atoms with Gasteiger partial charge in [0.05, 0.1) is 12.7 Å². The third-order valence-corrected chi connectivity index (χ3v) is 1.89. The molecule has 0 aromatic heterocycles. The fraction of sp³-hybridized carbons (Fsp3) is 0.875. The highest BCUT2D eigenvalue weighted by Gasteiger charge is 2.17. The molecule has 0 amide bonds. The Balaban J connectivity index is 2.45. The van der Waals surface area contributed by atoms with Crippen molar-refractivity contribution >= 4 is 5.96 Å². The van der Waals surface area contributed by atoms with E-state index in [4.69, 9.17) is 10.5 Å². The van der Waals surface area contributed by atoms with E-state index in [-0.39, 0.29) is 6.10 Å². The lowest BCUT2D eigenvalue weighted by molar-refractivity contribution is 0.00531. The van der Waals surface area contributed by atoms with Crippen molar-refractivity contribution in [2.45, 2.75) is 20.0 Å². The van der Waals surface area contributed by atoms with Crippen LogP contribution in [0.2, 0.25) is 0 Å². The van der Waals surface area contributed by atoms with Crippen molar-refractivity contribution in [1.29, 1.82) is 0 Å². The molecule has 1 atom stereocenters. The smallest absolute Gasteiger partial charge is 0.191 e. The normalized spacial score (nSPS) is 26.0. The topological polar surface area (TPSA) is 50.8 Å². The molecule has 12 heavy (non-hydrogen) atoms. The van der Waals surface area contributed by atoms with E-state index in [0.29, 0.717) is 5.96 Å². The van der Waals surface area contributed by atoms with E-state index < -0.39 is 0 Å². The standard InChI is InChI=1S/C8H17N3O/c1-3-10-8(9)11-4-5-12-7(2)6-11/h7H,3-6H2,1-2H3,(H2,9,10). The number of rotatable bonds is 1. The first kappa shape index (κ1) is 9.32. The van der Waals surface area contributed by atoms with Crippen LogP contribution < -0.4 is 5.73 Å². The maximum atomic E-state index is 5.74. The van der Waals surface area contributed by atoms with Gasteiger partial charge in [-0.2, -0.15) is 0 Å². The predicted octanol–water partition coefficient (Wildman–Crippen LogP) is 0.0417. The molecule has 1 unspecified atom stereocenters. The SMILES string of the molecule is CCN=C(N)N1CCOC(C)C1. The highest BCUT2D eigenvalue weighted by atomic mass is 16.5. The molecule has 0 aromatic carbocycles. The highest BCUT2D eigenvalue weighted by molar-refractivity contribution is 5.78. The third kappa shape index (κ3) is 2.37. The minimum Gasteiger partial charge on any atom is -0.375 e. The molecule has 0 aliphatic carbocycles. The van der Waals surface area contributed by atoms with Gasteiger partial charge < -0.3 is 15.4 Å². The lowest BCUT2D eigenvalue weighted by atomic mass is 10.3. The van der Waals surface area contributed by atoms with E-state index in [1.54, 1.807) is 0 Å². The zero-order valence-electron chi connectivity index (χ0n) is 7.79. The van der Waals surface area contributed by atoms with E-state index in [1.165, 1.54) is 0 Å². The van der Waals surface area contributed by atoms with Crippen LogP contribution in [0.3, 0.4) is 0 Å². The Morgan fingerprint density at radius 3 is 3.08 bits per heavy atom. The Kier molecular flexibility index (Phi) is 3.34. The second-order valence-electron chi connectivity index (χ2n) is 2.96. The molecule has 0 saturated carbocycles. The lowest BCUT2D eigenvalue weighted by Gasteiger charge is -2.31. The summed E-state index contributed by atoms with van der Waals surface area (Å²) < 4.78 is 5.38. The van der Waals surface area contributed by atoms with Crippen LogP contribution >= 0.6 is 0 Å². The summed E-state index contributed by atoms with van der Waals surface area (Å²) >= 11 is 0. The van der Waals surface area contributed by atoms with Crippen LogP contribution in [0, 0.1) is 0 Å². The molecule has 0 radical (unpaired) electrons. The third-order valence-electron chi connectivity index (χ3n) is 1.89. The number of ether oxygens (including phenoxy) is 1. The molecule has 4 nitrogen and oxygen atoms in total. The molecule has 0 spiro atoms. The molecule has 1 aliphatic rings. The molecule has 1 fully saturated rings. The van der Waals surface area contributed by atoms with Crippen LogP contribution in [0.4, 0.5) is 0 Å². The van der Waals surface area contributed by atoms with Crippen molar-refractivity contribution in [3.8, 4) is 0 Å². The fourth-order valence-electron chi connectivity index (χ4n) is 1.29. The summed E-state index contributed by atoms with van der Waals surface area (Å²) in [5, 5.41) is 0. The van der Waals surface area contributed by atoms with Crippen molar-refractivity contribution in [3.05, 3.63) is 0 Å². The molecule has 1 saturated heterocycles. The molecule has 1 rings (SSSR count). The molecule has 2 N–H and O–H groups in total. The van der Waals surface area contributed by atoms with Crippen LogP contribution in [0.5, 0.6) is 0 Å². The Hall–Kier alpha value is -0.770. The van der Waals surface area contributed by atoms with Gasteiger partial charge in [0.25, 0.3) is 0 Å². The fourth-order valence-corrected chi connectivity index (χ4v) is 1.29. The second-order valence-corrected chi connectivity index (χ2v) is 2.96. The quantitative estimate of drug-likeness (QED) is 0.448. The number of aliphatic imine (C=N–C) groups is 1. The van der Waals surface area contributed by atoms with E-state index in [2.05, 4.69) is 9.89 Å². The molecular weight excluding hydrogens is 154 g/mol. The van der Waals surface area contributed by atoms with Gasteiger partial charge >= 0.3 is 0 Å². The summed E-state index contributed by atoms with van der Waals surface area (Å²) in [6.07, 6.45) is 0.268. The van der Waals surface area contributed by atoms with E-state index in [9.17, 15) is 0 Å². The minimum atomic E-state index is 0.268. The van der Waals surface area contributed by atoms with Gasteiger partial charge in [0.1, 0.15) is 0 Å². The van der Waals surface area contributed by atoms with Gasteiger partial charge in [-0.1, -0.05) is 0 Å². The highest BCUT2D eigenvalue weighted by Crippen LogP contribution is 2.03. The summed E-state index contributed by atoms with van der Waals surface area (Å²) in [6, 6.07) is 0. The predicted molar refractivity (Wildman–Crippen MR) is 49.2 cm³/mol. The summed E-state index contributed by atoms with van der Waals surface area (Å²) in [4.78, 5) is 6.21. The lowest BCUT2D eigenvalue weighted by Crippen LogP contribution is -2.47. The van der Waals surface area contributed by atoms with Gasteiger partial charge in [0, 0.05) is 19.6 Å². The van der Waals surface area contributed by atoms with Gasteiger partial charge in [-0.25, -0.2) is 0 Å². The summed E-state index contributed by atoms with van der Waals surface area (Å²) in [5.41, 5.74) is 5.74. The maximum absolute atomic E-state index is 5.74. The first-order chi connectivity index (χ1) is 5.74. The van der Waals surface area contributed by atoms with E-state index in [0.717, 1.165) is 26.2 Å². The van der Waals surface area contributed by atoms with Crippen molar-refractivity contribution in [1.82, 2.24) is 4.90 Å². The molecule has 70 valence electrons. The minimum absolute atomic E-state index is 0.268. The number of nitrogens with two attached hydrogens (primary N) is 1. The number of guanidine groups is 1. The zero-order valence-corrected chi connectivity index (χ0v) is 7.79. The zero-order chi connectivity index (χ0) is 8.97. The average Bonchev–Trinajstić information content (AvgIpc) is 2.05. The summed E-state index contributed by atoms with van der Waals surface area (Å²) in [6.45, 7) is 7.25. The van der Waals surface area contributed by atoms with Crippen LogP contribution in [0.15, 0.2) is 4.99 Å². The first-order valence-electron chi connectivity index (χ1n) is 4.40. The van der Waals surface area contributed by atoms with Crippen molar-refractivity contribution in [2.24, 2.45) is 10.7 Å².